The maximum atomic E-state index is 11.6. The summed E-state index contributed by atoms with van der Waals surface area (Å²) in [4.78, 5) is 32.1. The van der Waals surface area contributed by atoms with Crippen LogP contribution in [0.4, 0.5) is 0 Å². The quantitative estimate of drug-likeness (QED) is 0.350. The van der Waals surface area contributed by atoms with E-state index in [-0.39, 0.29) is 11.3 Å². The van der Waals surface area contributed by atoms with Crippen LogP contribution in [0.25, 0.3) is 0 Å². The number of hydrogen-bond donors (Lipinski definition) is 2. The Labute approximate surface area is 129 Å². The lowest BCUT2D eigenvalue weighted by Gasteiger charge is -2.09. The molecule has 0 fully saturated rings. The van der Waals surface area contributed by atoms with Crippen molar-refractivity contribution in [2.75, 3.05) is 0 Å². The van der Waals surface area contributed by atoms with Crippen molar-refractivity contribution in [3.05, 3.63) is 29.8 Å². The van der Waals surface area contributed by atoms with Crippen LogP contribution in [0, 0.1) is 0 Å². The first-order valence-corrected chi connectivity index (χ1v) is 7.46. The van der Waals surface area contributed by atoms with Gasteiger partial charge in [-0.15, -0.1) is 0 Å². The number of benzene rings is 1. The zero-order chi connectivity index (χ0) is 15.7. The van der Waals surface area contributed by atoms with Crippen LogP contribution in [-0.4, -0.2) is 22.3 Å². The predicted octanol–water partition coefficient (Wildman–Crippen LogP) is 3.28. The number of hydrogen-bond acceptors (Lipinski definition) is 6. The molecule has 5 nitrogen and oxygen atoms in total. The third-order valence-electron chi connectivity index (χ3n) is 2.93. The van der Waals surface area contributed by atoms with Crippen molar-refractivity contribution in [3.63, 3.8) is 0 Å². The second kappa shape index (κ2) is 9.28. The number of carbonyl (C=O) groups excluding carboxylic acids is 2. The van der Waals surface area contributed by atoms with E-state index in [1.807, 2.05) is 0 Å². The minimum Gasteiger partial charge on any atom is -0.507 e. The van der Waals surface area contributed by atoms with Crippen LogP contribution in [0.15, 0.2) is 24.3 Å². The molecule has 1 N–H and O–H groups in total. The van der Waals surface area contributed by atoms with Gasteiger partial charge in [0.25, 0.3) is 0 Å². The number of para-hydroxylation sites is 1. The molecule has 0 aliphatic rings. The molecule has 1 aromatic rings. The second-order valence-electron chi connectivity index (χ2n) is 4.66. The molecule has 0 amide bonds. The first-order chi connectivity index (χ1) is 10.1. The van der Waals surface area contributed by atoms with Gasteiger partial charge in [-0.2, -0.15) is 12.6 Å². The van der Waals surface area contributed by atoms with Gasteiger partial charge in [-0.3, -0.25) is 0 Å². The smallest absolute Gasteiger partial charge is 0.390 e. The summed E-state index contributed by atoms with van der Waals surface area (Å²) < 4.78 is 0. The topological polar surface area (TPSA) is 72.8 Å². The lowest BCUT2D eigenvalue weighted by Crippen LogP contribution is -2.20. The van der Waals surface area contributed by atoms with Gasteiger partial charge in [0.05, 0.1) is 0 Å². The summed E-state index contributed by atoms with van der Waals surface area (Å²) in [5, 5.41) is 8.84. The van der Waals surface area contributed by atoms with Crippen molar-refractivity contribution < 1.29 is 24.5 Å². The lowest BCUT2D eigenvalue weighted by atomic mass is 10.1. The van der Waals surface area contributed by atoms with E-state index in [0.29, 0.717) is 6.42 Å². The molecular formula is C15H20O5S. The summed E-state index contributed by atoms with van der Waals surface area (Å²) in [5.74, 6) is -1.87. The number of rotatable bonds is 7. The zero-order valence-electron chi connectivity index (χ0n) is 11.9. The third-order valence-corrected chi connectivity index (χ3v) is 3.40. The molecule has 1 aromatic carbocycles. The lowest BCUT2D eigenvalue weighted by molar-refractivity contribution is -0.233. The van der Waals surface area contributed by atoms with Crippen LogP contribution in [0.5, 0.6) is 5.75 Å². The predicted molar refractivity (Wildman–Crippen MR) is 81.1 cm³/mol. The molecule has 0 bridgehead atoms. The van der Waals surface area contributed by atoms with Gasteiger partial charge in [-0.05, 0) is 18.6 Å². The highest BCUT2D eigenvalue weighted by atomic mass is 32.1. The molecule has 0 aromatic heterocycles. The van der Waals surface area contributed by atoms with E-state index in [9.17, 15) is 14.7 Å². The Morgan fingerprint density at radius 1 is 1.19 bits per heavy atom. The minimum absolute atomic E-state index is 0.0658. The zero-order valence-corrected chi connectivity index (χ0v) is 12.8. The highest BCUT2D eigenvalue weighted by molar-refractivity contribution is 7.81. The molecule has 1 atom stereocenters. The monoisotopic (exact) mass is 312 g/mol. The summed E-state index contributed by atoms with van der Waals surface area (Å²) in [7, 11) is 0. The summed E-state index contributed by atoms with van der Waals surface area (Å²) in [6.07, 6.45) is 4.68. The second-order valence-corrected chi connectivity index (χ2v) is 5.28. The average Bonchev–Trinajstić information content (AvgIpc) is 2.49. The van der Waals surface area contributed by atoms with Crippen LogP contribution >= 0.6 is 12.6 Å². The SMILES string of the molecule is CCCCCCC(S)C(=O)OOC(=O)c1ccccc1O. The molecule has 116 valence electrons. The summed E-state index contributed by atoms with van der Waals surface area (Å²) in [6.45, 7) is 2.10. The maximum absolute atomic E-state index is 11.6. The van der Waals surface area contributed by atoms with Gasteiger partial charge in [0.15, 0.2) is 0 Å². The Hall–Kier alpha value is -1.69. The molecule has 1 unspecified atom stereocenters. The van der Waals surface area contributed by atoms with Gasteiger partial charge < -0.3 is 5.11 Å². The van der Waals surface area contributed by atoms with Gasteiger partial charge in [-0.25, -0.2) is 19.4 Å². The highest BCUT2D eigenvalue weighted by Crippen LogP contribution is 2.17. The van der Waals surface area contributed by atoms with E-state index in [0.717, 1.165) is 25.7 Å². The van der Waals surface area contributed by atoms with Gasteiger partial charge in [-0.1, -0.05) is 44.7 Å². The molecule has 0 radical (unpaired) electrons. The fourth-order valence-corrected chi connectivity index (χ4v) is 1.93. The number of phenolic OH excluding ortho intramolecular Hbond substituents is 1. The Balaban J connectivity index is 2.35. The van der Waals surface area contributed by atoms with Gasteiger partial charge in [0, 0.05) is 0 Å². The van der Waals surface area contributed by atoms with Crippen molar-refractivity contribution in [3.8, 4) is 5.75 Å². The molecule has 6 heteroatoms. The summed E-state index contributed by atoms with van der Waals surface area (Å²) in [5.41, 5.74) is -0.0658. The Morgan fingerprint density at radius 3 is 2.57 bits per heavy atom. The molecule has 0 aliphatic heterocycles. The van der Waals surface area contributed by atoms with E-state index >= 15 is 0 Å². The molecule has 0 saturated carbocycles. The molecule has 0 heterocycles. The van der Waals surface area contributed by atoms with E-state index in [1.54, 1.807) is 12.1 Å². The van der Waals surface area contributed by atoms with Crippen LogP contribution in [-0.2, 0) is 14.6 Å². The minimum atomic E-state index is -0.923. The normalized spacial score (nSPS) is 11.7. The van der Waals surface area contributed by atoms with Crippen molar-refractivity contribution in [2.45, 2.75) is 44.3 Å². The first kappa shape index (κ1) is 17.4. The number of unbranched alkanes of at least 4 members (excludes halogenated alkanes) is 3. The van der Waals surface area contributed by atoms with Gasteiger partial charge in [0.2, 0.25) is 0 Å². The fraction of sp³-hybridized carbons (Fsp3) is 0.467. The molecule has 0 spiro atoms. The largest absolute Gasteiger partial charge is 0.507 e. The molecule has 21 heavy (non-hydrogen) atoms. The number of carbonyl (C=O) groups is 2. The highest BCUT2D eigenvalue weighted by Gasteiger charge is 2.20. The van der Waals surface area contributed by atoms with E-state index in [1.165, 1.54) is 12.1 Å². The Kier molecular flexibility index (Phi) is 7.68. The number of phenols is 1. The number of thiol groups is 1. The molecule has 0 saturated heterocycles. The van der Waals surface area contributed by atoms with Crippen LogP contribution in [0.3, 0.4) is 0 Å². The molecular weight excluding hydrogens is 292 g/mol. The van der Waals surface area contributed by atoms with E-state index < -0.39 is 17.2 Å². The van der Waals surface area contributed by atoms with Crippen molar-refractivity contribution in [1.82, 2.24) is 0 Å². The first-order valence-electron chi connectivity index (χ1n) is 6.95. The average molecular weight is 312 g/mol. The van der Waals surface area contributed by atoms with Gasteiger partial charge in [0.1, 0.15) is 16.6 Å². The Morgan fingerprint density at radius 2 is 1.90 bits per heavy atom. The van der Waals surface area contributed by atoms with Crippen molar-refractivity contribution in [2.24, 2.45) is 0 Å². The van der Waals surface area contributed by atoms with E-state index in [2.05, 4.69) is 29.3 Å². The van der Waals surface area contributed by atoms with Crippen molar-refractivity contribution in [1.29, 1.82) is 0 Å². The fourth-order valence-electron chi connectivity index (χ4n) is 1.71. The van der Waals surface area contributed by atoms with Gasteiger partial charge >= 0.3 is 11.9 Å². The van der Waals surface area contributed by atoms with Crippen LogP contribution in [0.1, 0.15) is 49.4 Å². The third kappa shape index (κ3) is 6.08. The van der Waals surface area contributed by atoms with Crippen LogP contribution < -0.4 is 0 Å². The summed E-state index contributed by atoms with van der Waals surface area (Å²) >= 11 is 4.12. The summed E-state index contributed by atoms with van der Waals surface area (Å²) in [6, 6.07) is 5.84. The van der Waals surface area contributed by atoms with Crippen LogP contribution in [0.2, 0.25) is 0 Å². The van der Waals surface area contributed by atoms with Crippen molar-refractivity contribution >= 4 is 24.6 Å². The standard InChI is InChI=1S/C15H20O5S/c1-2-3-4-5-10-13(21)15(18)20-19-14(17)11-8-6-7-9-12(11)16/h6-9,13,16,21H,2-5,10H2,1H3. The molecule has 1 rings (SSSR count). The molecule has 0 aliphatic carbocycles. The maximum Gasteiger partial charge on any atom is 0.390 e. The van der Waals surface area contributed by atoms with E-state index in [4.69, 9.17) is 0 Å². The Bertz CT molecular complexity index is 475. The number of aromatic hydroxyl groups is 1.